The zero-order valence-electron chi connectivity index (χ0n) is 13.2. The molecule has 0 aliphatic carbocycles. The van der Waals surface area contributed by atoms with Crippen molar-refractivity contribution in [2.24, 2.45) is 0 Å². The zero-order valence-corrected chi connectivity index (χ0v) is 14.0. The van der Waals surface area contributed by atoms with Crippen LogP contribution >= 0.6 is 0 Å². The van der Waals surface area contributed by atoms with Gasteiger partial charge in [-0.3, -0.25) is 4.79 Å². The molecular weight excluding hydrogens is 308 g/mol. The smallest absolute Gasteiger partial charge is 0.235 e. The quantitative estimate of drug-likeness (QED) is 0.736. The topological polar surface area (TPSA) is 93.7 Å². The van der Waals surface area contributed by atoms with Crippen molar-refractivity contribution in [2.45, 2.75) is 19.9 Å². The zero-order chi connectivity index (χ0) is 16.8. The van der Waals surface area contributed by atoms with Gasteiger partial charge in [-0.1, -0.05) is 0 Å². The van der Waals surface area contributed by atoms with Crippen LogP contribution in [0.4, 0.5) is 0 Å². The lowest BCUT2D eigenvalue weighted by molar-refractivity contribution is -0.120. The number of hydrogen-bond donors (Lipinski definition) is 2. The van der Waals surface area contributed by atoms with Gasteiger partial charge in [0.05, 0.1) is 32.6 Å². The second-order valence-electron chi connectivity index (χ2n) is 4.62. The van der Waals surface area contributed by atoms with Crippen molar-refractivity contribution >= 4 is 15.9 Å². The first kappa shape index (κ1) is 18.2. The van der Waals surface area contributed by atoms with Crippen LogP contribution in [0, 0.1) is 0 Å². The third kappa shape index (κ3) is 5.19. The summed E-state index contributed by atoms with van der Waals surface area (Å²) in [5, 5.41) is 2.72. The molecule has 0 aromatic heterocycles. The summed E-state index contributed by atoms with van der Waals surface area (Å²) in [5.41, 5.74) is 0.744. The van der Waals surface area contributed by atoms with Crippen LogP contribution < -0.4 is 19.5 Å². The minimum atomic E-state index is -3.39. The minimum absolute atomic E-state index is 0.0699. The first-order valence-electron chi connectivity index (χ1n) is 6.81. The summed E-state index contributed by atoms with van der Waals surface area (Å²) in [4.78, 5) is 11.8. The fraction of sp³-hybridized carbons (Fsp3) is 0.500. The number of methoxy groups -OCH3 is 2. The molecule has 22 heavy (non-hydrogen) atoms. The number of carbonyl (C=O) groups is 1. The Labute approximate surface area is 131 Å². The van der Waals surface area contributed by atoms with E-state index in [1.807, 2.05) is 0 Å². The molecule has 0 saturated carbocycles. The highest BCUT2D eigenvalue weighted by Crippen LogP contribution is 2.29. The van der Waals surface area contributed by atoms with Crippen molar-refractivity contribution in [3.8, 4) is 11.5 Å². The number of rotatable bonds is 8. The van der Waals surface area contributed by atoms with Crippen molar-refractivity contribution in [2.75, 3.05) is 26.5 Å². The molecule has 0 aliphatic rings. The van der Waals surface area contributed by atoms with Gasteiger partial charge in [0, 0.05) is 5.56 Å². The highest BCUT2D eigenvalue weighted by atomic mass is 32.2. The summed E-state index contributed by atoms with van der Waals surface area (Å²) in [5.74, 6) is 0.764. The molecule has 0 aliphatic heterocycles. The van der Waals surface area contributed by atoms with E-state index in [-0.39, 0.29) is 18.3 Å². The molecular formula is C14H22N2O5S. The van der Waals surface area contributed by atoms with E-state index in [1.165, 1.54) is 14.0 Å². The van der Waals surface area contributed by atoms with Crippen LogP contribution in [-0.2, 0) is 14.8 Å². The first-order valence-corrected chi connectivity index (χ1v) is 8.46. The summed E-state index contributed by atoms with van der Waals surface area (Å²) in [6.45, 7) is 2.99. The molecule has 1 atom stereocenters. The lowest BCUT2D eigenvalue weighted by Crippen LogP contribution is -2.38. The van der Waals surface area contributed by atoms with Gasteiger partial charge in [-0.2, -0.15) is 0 Å². The van der Waals surface area contributed by atoms with E-state index in [0.29, 0.717) is 11.5 Å². The molecule has 0 spiro atoms. The second-order valence-corrected chi connectivity index (χ2v) is 6.72. The van der Waals surface area contributed by atoms with Crippen molar-refractivity contribution < 1.29 is 22.7 Å². The predicted molar refractivity (Wildman–Crippen MR) is 83.6 cm³/mol. The Hall–Kier alpha value is -1.80. The Kier molecular flexibility index (Phi) is 6.63. The number of sulfonamides is 1. The Bertz CT molecular complexity index is 616. The van der Waals surface area contributed by atoms with Crippen molar-refractivity contribution in [3.63, 3.8) is 0 Å². The molecule has 1 amide bonds. The van der Waals surface area contributed by atoms with E-state index in [2.05, 4.69) is 10.0 Å². The minimum Gasteiger partial charge on any atom is -0.497 e. The predicted octanol–water partition coefficient (Wildman–Crippen LogP) is 0.820. The second kappa shape index (κ2) is 8.00. The Balaban J connectivity index is 2.76. The van der Waals surface area contributed by atoms with Crippen LogP contribution in [0.3, 0.4) is 0 Å². The Morgan fingerprint density at radius 3 is 2.50 bits per heavy atom. The molecule has 2 N–H and O–H groups in total. The van der Waals surface area contributed by atoms with E-state index >= 15 is 0 Å². The normalized spacial score (nSPS) is 12.5. The molecule has 0 fully saturated rings. The number of hydrogen-bond acceptors (Lipinski definition) is 5. The average Bonchev–Trinajstić information content (AvgIpc) is 2.52. The summed E-state index contributed by atoms with van der Waals surface area (Å²) in [7, 11) is -0.307. The van der Waals surface area contributed by atoms with E-state index in [1.54, 1.807) is 32.2 Å². The Morgan fingerprint density at radius 1 is 1.27 bits per heavy atom. The summed E-state index contributed by atoms with van der Waals surface area (Å²) in [6.07, 6.45) is 0. The highest BCUT2D eigenvalue weighted by molar-refractivity contribution is 7.89. The average molecular weight is 330 g/mol. The molecule has 0 saturated heterocycles. The standard InChI is InChI=1S/C14H22N2O5S/c1-5-22(18,19)15-9-14(17)16-10(2)12-8-11(20-3)6-7-13(12)21-4/h6-8,10,15H,5,9H2,1-4H3,(H,16,17)/t10-/m1/s1. The van der Waals surface area contributed by atoms with Gasteiger partial charge < -0.3 is 14.8 Å². The summed E-state index contributed by atoms with van der Waals surface area (Å²) < 4.78 is 35.3. The maximum Gasteiger partial charge on any atom is 0.235 e. The van der Waals surface area contributed by atoms with Gasteiger partial charge in [-0.15, -0.1) is 0 Å². The highest BCUT2D eigenvalue weighted by Gasteiger charge is 2.16. The van der Waals surface area contributed by atoms with Crippen LogP contribution in [0.5, 0.6) is 11.5 Å². The third-order valence-electron chi connectivity index (χ3n) is 3.11. The first-order chi connectivity index (χ1) is 10.3. The summed E-state index contributed by atoms with van der Waals surface area (Å²) in [6, 6.07) is 4.91. The van der Waals surface area contributed by atoms with Crippen LogP contribution in [0.2, 0.25) is 0 Å². The number of nitrogens with one attached hydrogen (secondary N) is 2. The SMILES string of the molecule is CCS(=O)(=O)NCC(=O)N[C@H](C)c1cc(OC)ccc1OC. The lowest BCUT2D eigenvalue weighted by atomic mass is 10.1. The number of ether oxygens (including phenoxy) is 2. The molecule has 0 bridgehead atoms. The van der Waals surface area contributed by atoms with Gasteiger partial charge in [-0.25, -0.2) is 13.1 Å². The van der Waals surface area contributed by atoms with Gasteiger partial charge in [0.2, 0.25) is 15.9 Å². The van der Waals surface area contributed by atoms with Gasteiger partial charge in [0.15, 0.2) is 0 Å². The summed E-state index contributed by atoms with van der Waals surface area (Å²) >= 11 is 0. The molecule has 8 heteroatoms. The number of amides is 1. The Morgan fingerprint density at radius 2 is 1.95 bits per heavy atom. The number of carbonyl (C=O) groups excluding carboxylic acids is 1. The molecule has 124 valence electrons. The molecule has 0 radical (unpaired) electrons. The molecule has 0 unspecified atom stereocenters. The van der Waals surface area contributed by atoms with Gasteiger partial charge in [0.25, 0.3) is 0 Å². The van der Waals surface area contributed by atoms with E-state index in [0.717, 1.165) is 5.56 Å². The van der Waals surface area contributed by atoms with Crippen LogP contribution in [0.25, 0.3) is 0 Å². The van der Waals surface area contributed by atoms with Crippen molar-refractivity contribution in [1.82, 2.24) is 10.0 Å². The lowest BCUT2D eigenvalue weighted by Gasteiger charge is -2.18. The monoisotopic (exact) mass is 330 g/mol. The molecule has 1 rings (SSSR count). The van der Waals surface area contributed by atoms with Gasteiger partial charge >= 0.3 is 0 Å². The van der Waals surface area contributed by atoms with Crippen LogP contribution in [0.1, 0.15) is 25.5 Å². The molecule has 0 heterocycles. The molecule has 1 aromatic rings. The fourth-order valence-electron chi connectivity index (χ4n) is 1.83. The van der Waals surface area contributed by atoms with Crippen molar-refractivity contribution in [3.05, 3.63) is 23.8 Å². The van der Waals surface area contributed by atoms with Crippen LogP contribution in [-0.4, -0.2) is 40.8 Å². The number of benzene rings is 1. The van der Waals surface area contributed by atoms with E-state index in [9.17, 15) is 13.2 Å². The van der Waals surface area contributed by atoms with Crippen molar-refractivity contribution in [1.29, 1.82) is 0 Å². The van der Waals surface area contributed by atoms with Crippen LogP contribution in [0.15, 0.2) is 18.2 Å². The molecule has 7 nitrogen and oxygen atoms in total. The fourth-order valence-corrected chi connectivity index (χ4v) is 2.38. The van der Waals surface area contributed by atoms with E-state index < -0.39 is 15.9 Å². The maximum atomic E-state index is 11.8. The largest absolute Gasteiger partial charge is 0.497 e. The van der Waals surface area contributed by atoms with E-state index in [4.69, 9.17) is 9.47 Å². The third-order valence-corrected chi connectivity index (χ3v) is 4.46. The molecule has 1 aromatic carbocycles. The van der Waals surface area contributed by atoms with Gasteiger partial charge in [0.1, 0.15) is 11.5 Å². The maximum absolute atomic E-state index is 11.8. The van der Waals surface area contributed by atoms with Gasteiger partial charge in [-0.05, 0) is 32.0 Å².